The summed E-state index contributed by atoms with van der Waals surface area (Å²) < 4.78 is 5.74. The second-order valence-corrected chi connectivity index (χ2v) is 4.78. The van der Waals surface area contributed by atoms with Crippen molar-refractivity contribution in [2.75, 3.05) is 5.32 Å². The summed E-state index contributed by atoms with van der Waals surface area (Å²) in [6.07, 6.45) is 2.72. The van der Waals surface area contributed by atoms with Crippen molar-refractivity contribution in [3.8, 4) is 5.75 Å². The molecule has 0 aliphatic rings. The maximum absolute atomic E-state index is 11.7. The molecule has 1 heterocycles. The van der Waals surface area contributed by atoms with Crippen LogP contribution in [0.5, 0.6) is 5.75 Å². The van der Waals surface area contributed by atoms with E-state index in [0.29, 0.717) is 10.4 Å². The molecule has 0 bridgehead atoms. The van der Waals surface area contributed by atoms with Crippen LogP contribution in [0.4, 0.5) is 5.69 Å². The molecular weight excluding hydrogens is 342 g/mol. The van der Waals surface area contributed by atoms with Crippen LogP contribution in [0.3, 0.4) is 0 Å². The van der Waals surface area contributed by atoms with Gasteiger partial charge in [0.25, 0.3) is 0 Å². The molecule has 0 atom stereocenters. The van der Waals surface area contributed by atoms with Crippen LogP contribution in [0.15, 0.2) is 45.5 Å². The average Bonchev–Trinajstić information content (AvgIpc) is 2.84. The minimum atomic E-state index is -1.28. The second kappa shape index (κ2) is 6.27. The van der Waals surface area contributed by atoms with E-state index < -0.39 is 11.9 Å². The number of carbonyl (C=O) groups excluding carboxylic acids is 1. The number of anilines is 1. The van der Waals surface area contributed by atoms with E-state index in [1.807, 2.05) is 0 Å². The summed E-state index contributed by atoms with van der Waals surface area (Å²) in [6.45, 7) is 0. The van der Waals surface area contributed by atoms with E-state index in [2.05, 4.69) is 21.2 Å². The smallest absolute Gasteiger partial charge is 0.339 e. The predicted molar refractivity (Wildman–Crippen MR) is 79.1 cm³/mol. The zero-order valence-corrected chi connectivity index (χ0v) is 12.1. The quantitative estimate of drug-likeness (QED) is 0.580. The lowest BCUT2D eigenvalue weighted by molar-refractivity contribution is -0.111. The third-order valence-corrected chi connectivity index (χ3v) is 2.91. The second-order valence-electron chi connectivity index (χ2n) is 4.00. The number of hydrogen-bond acceptors (Lipinski definition) is 4. The molecule has 0 spiro atoms. The number of carbonyl (C=O) groups is 2. The highest BCUT2D eigenvalue weighted by Gasteiger charge is 2.10. The van der Waals surface area contributed by atoms with E-state index in [1.165, 1.54) is 30.4 Å². The van der Waals surface area contributed by atoms with Gasteiger partial charge in [-0.2, -0.15) is 0 Å². The number of halogens is 1. The molecule has 1 aromatic heterocycles. The Hall–Kier alpha value is -2.54. The number of furan rings is 1. The monoisotopic (exact) mass is 351 g/mol. The number of phenols is 1. The van der Waals surface area contributed by atoms with Crippen molar-refractivity contribution >= 4 is 39.6 Å². The Morgan fingerprint density at radius 1 is 1.24 bits per heavy atom. The van der Waals surface area contributed by atoms with Gasteiger partial charge >= 0.3 is 5.97 Å². The largest absolute Gasteiger partial charge is 0.507 e. The molecule has 0 saturated heterocycles. The van der Waals surface area contributed by atoms with Crippen LogP contribution < -0.4 is 5.32 Å². The molecule has 2 rings (SSSR count). The van der Waals surface area contributed by atoms with Crippen molar-refractivity contribution in [3.63, 3.8) is 0 Å². The summed E-state index contributed by atoms with van der Waals surface area (Å²) in [6, 6.07) is 7.14. The molecule has 6 nitrogen and oxygen atoms in total. The third kappa shape index (κ3) is 3.96. The summed E-state index contributed by atoms with van der Waals surface area (Å²) in [7, 11) is 0. The normalized spacial score (nSPS) is 10.7. The van der Waals surface area contributed by atoms with Gasteiger partial charge in [-0.3, -0.25) is 4.79 Å². The van der Waals surface area contributed by atoms with Crippen LogP contribution in [-0.2, 0) is 4.79 Å². The molecule has 108 valence electrons. The molecular formula is C14H10BrNO5. The molecule has 3 N–H and O–H groups in total. The van der Waals surface area contributed by atoms with E-state index in [9.17, 15) is 14.7 Å². The number of benzene rings is 1. The minimum absolute atomic E-state index is 0.264. The van der Waals surface area contributed by atoms with Crippen LogP contribution in [0.1, 0.15) is 16.1 Å². The number of aromatic carboxylic acids is 1. The van der Waals surface area contributed by atoms with Crippen LogP contribution in [-0.4, -0.2) is 22.1 Å². The molecule has 0 saturated carbocycles. The highest BCUT2D eigenvalue weighted by molar-refractivity contribution is 9.10. The maximum Gasteiger partial charge on any atom is 0.339 e. The van der Waals surface area contributed by atoms with Gasteiger partial charge in [-0.15, -0.1) is 0 Å². The summed E-state index contributed by atoms with van der Waals surface area (Å²) in [5, 5.41) is 20.7. The first-order valence-corrected chi connectivity index (χ1v) is 6.56. The highest BCUT2D eigenvalue weighted by atomic mass is 79.9. The number of rotatable bonds is 4. The van der Waals surface area contributed by atoms with Crippen molar-refractivity contribution < 1.29 is 24.2 Å². The molecule has 0 unspecified atom stereocenters. The van der Waals surface area contributed by atoms with Gasteiger partial charge < -0.3 is 19.9 Å². The number of carboxylic acids is 1. The number of carboxylic acid groups (broad SMARTS) is 1. The van der Waals surface area contributed by atoms with Crippen molar-refractivity contribution in [2.24, 2.45) is 0 Å². The van der Waals surface area contributed by atoms with E-state index in [0.717, 1.165) is 0 Å². The number of amides is 1. The first kappa shape index (κ1) is 14.9. The molecule has 21 heavy (non-hydrogen) atoms. The molecule has 0 radical (unpaired) electrons. The maximum atomic E-state index is 11.7. The van der Waals surface area contributed by atoms with Crippen molar-refractivity contribution in [3.05, 3.63) is 52.4 Å². The van der Waals surface area contributed by atoms with Gasteiger partial charge in [0.1, 0.15) is 17.1 Å². The Balaban J connectivity index is 2.07. The van der Waals surface area contributed by atoms with Gasteiger partial charge in [0.15, 0.2) is 4.67 Å². The highest BCUT2D eigenvalue weighted by Crippen LogP contribution is 2.21. The number of aromatic hydroxyl groups is 1. The Morgan fingerprint density at radius 2 is 2.00 bits per heavy atom. The van der Waals surface area contributed by atoms with Crippen LogP contribution >= 0.6 is 15.9 Å². The van der Waals surface area contributed by atoms with E-state index in [4.69, 9.17) is 9.52 Å². The molecule has 2 aromatic rings. The summed E-state index contributed by atoms with van der Waals surface area (Å²) in [5.41, 5.74) is -0.0211. The Bertz CT molecular complexity index is 720. The lowest BCUT2D eigenvalue weighted by Gasteiger charge is -2.05. The van der Waals surface area contributed by atoms with Gasteiger partial charge in [-0.25, -0.2) is 4.79 Å². The molecule has 1 amide bonds. The third-order valence-electron chi connectivity index (χ3n) is 2.49. The zero-order valence-electron chi connectivity index (χ0n) is 10.5. The predicted octanol–water partition coefficient (Wildman–Crippen LogP) is 3.10. The zero-order chi connectivity index (χ0) is 15.4. The minimum Gasteiger partial charge on any atom is -0.507 e. The van der Waals surface area contributed by atoms with Crippen LogP contribution in [0, 0.1) is 0 Å². The fraction of sp³-hybridized carbons (Fsp3) is 0. The van der Waals surface area contributed by atoms with Gasteiger partial charge in [0.05, 0.1) is 0 Å². The SMILES string of the molecule is O=C(/C=C/c1ccc(Br)o1)Nc1ccc(O)c(C(=O)O)c1. The standard InChI is InChI=1S/C14H10BrNO5/c15-12-5-2-9(21-12)3-6-13(18)16-8-1-4-11(17)10(7-8)14(19)20/h1-7,17H,(H,16,18)(H,19,20)/b6-3+. The first-order valence-electron chi connectivity index (χ1n) is 5.76. The fourth-order valence-electron chi connectivity index (χ4n) is 1.54. The Kier molecular flexibility index (Phi) is 4.44. The summed E-state index contributed by atoms with van der Waals surface area (Å²) in [4.78, 5) is 22.6. The van der Waals surface area contributed by atoms with E-state index in [-0.39, 0.29) is 17.0 Å². The molecule has 0 aliphatic carbocycles. The van der Waals surface area contributed by atoms with Crippen LogP contribution in [0.2, 0.25) is 0 Å². The lowest BCUT2D eigenvalue weighted by Crippen LogP contribution is -2.08. The van der Waals surface area contributed by atoms with E-state index >= 15 is 0 Å². The molecule has 0 fully saturated rings. The van der Waals surface area contributed by atoms with Crippen molar-refractivity contribution in [2.45, 2.75) is 0 Å². The average molecular weight is 352 g/mol. The van der Waals surface area contributed by atoms with E-state index in [1.54, 1.807) is 12.1 Å². The number of hydrogen-bond donors (Lipinski definition) is 3. The Morgan fingerprint density at radius 3 is 2.62 bits per heavy atom. The molecule has 7 heteroatoms. The van der Waals surface area contributed by atoms with Gasteiger partial charge in [0.2, 0.25) is 5.91 Å². The summed E-state index contributed by atoms with van der Waals surface area (Å²) in [5.74, 6) is -1.60. The molecule has 1 aromatic carbocycles. The Labute approximate surface area is 127 Å². The van der Waals surface area contributed by atoms with Crippen molar-refractivity contribution in [1.29, 1.82) is 0 Å². The topological polar surface area (TPSA) is 99.8 Å². The fourth-order valence-corrected chi connectivity index (χ4v) is 1.86. The van der Waals surface area contributed by atoms with Crippen LogP contribution in [0.25, 0.3) is 6.08 Å². The lowest BCUT2D eigenvalue weighted by atomic mass is 10.2. The van der Waals surface area contributed by atoms with Gasteiger partial charge in [-0.05, 0) is 52.3 Å². The first-order chi connectivity index (χ1) is 9.95. The van der Waals surface area contributed by atoms with Gasteiger partial charge in [0, 0.05) is 11.8 Å². The summed E-state index contributed by atoms with van der Waals surface area (Å²) >= 11 is 3.14. The number of nitrogens with one attached hydrogen (secondary N) is 1. The van der Waals surface area contributed by atoms with Crippen molar-refractivity contribution in [1.82, 2.24) is 0 Å². The van der Waals surface area contributed by atoms with Gasteiger partial charge in [-0.1, -0.05) is 0 Å². The molecule has 0 aliphatic heterocycles.